The van der Waals surface area contributed by atoms with E-state index in [4.69, 9.17) is 4.74 Å². The van der Waals surface area contributed by atoms with Crippen molar-refractivity contribution < 1.29 is 9.13 Å². The highest BCUT2D eigenvalue weighted by atomic mass is 19.1. The number of hydrogen-bond acceptors (Lipinski definition) is 3. The molecule has 4 heteroatoms. The van der Waals surface area contributed by atoms with Gasteiger partial charge in [0.05, 0.1) is 13.2 Å². The first kappa shape index (κ1) is 12.3. The summed E-state index contributed by atoms with van der Waals surface area (Å²) in [5.41, 5.74) is 0.965. The molecule has 0 aliphatic carbocycles. The maximum Gasteiger partial charge on any atom is 0.123 e. The van der Waals surface area contributed by atoms with Crippen molar-refractivity contribution in [2.45, 2.75) is 13.0 Å². The first-order chi connectivity index (χ1) is 8.25. The van der Waals surface area contributed by atoms with E-state index in [1.807, 2.05) is 0 Å². The number of nitrogens with one attached hydrogen (secondary N) is 1. The molecule has 17 heavy (non-hydrogen) atoms. The van der Waals surface area contributed by atoms with Gasteiger partial charge >= 0.3 is 0 Å². The zero-order valence-corrected chi connectivity index (χ0v) is 10.2. The zero-order chi connectivity index (χ0) is 12.1. The molecule has 1 unspecified atom stereocenters. The van der Waals surface area contributed by atoms with E-state index in [9.17, 15) is 4.39 Å². The average Bonchev–Trinajstić information content (AvgIpc) is 2.34. The average molecular weight is 238 g/mol. The Kier molecular flexibility index (Phi) is 4.34. The number of nitrogens with zero attached hydrogens (tertiary/aromatic N) is 1. The number of ether oxygens (including phenoxy) is 1. The van der Waals surface area contributed by atoms with Crippen LogP contribution in [0, 0.1) is 5.82 Å². The molecule has 0 saturated carbocycles. The van der Waals surface area contributed by atoms with Crippen LogP contribution in [0.3, 0.4) is 0 Å². The minimum atomic E-state index is -0.197. The van der Waals surface area contributed by atoms with E-state index in [0.717, 1.165) is 38.5 Å². The molecule has 94 valence electrons. The summed E-state index contributed by atoms with van der Waals surface area (Å²) < 4.78 is 18.1. The van der Waals surface area contributed by atoms with Crippen molar-refractivity contribution in [3.63, 3.8) is 0 Å². The van der Waals surface area contributed by atoms with Crippen LogP contribution in [0.1, 0.15) is 6.92 Å². The van der Waals surface area contributed by atoms with Crippen LogP contribution >= 0.6 is 0 Å². The summed E-state index contributed by atoms with van der Waals surface area (Å²) in [6, 6.07) is 6.95. The van der Waals surface area contributed by atoms with Gasteiger partial charge in [-0.2, -0.15) is 0 Å². The van der Waals surface area contributed by atoms with Crippen molar-refractivity contribution in [1.29, 1.82) is 0 Å². The number of hydrogen-bond donors (Lipinski definition) is 1. The normalized spacial score (nSPS) is 21.4. The van der Waals surface area contributed by atoms with E-state index >= 15 is 0 Å². The monoisotopic (exact) mass is 238 g/mol. The Balaban J connectivity index is 1.73. The lowest BCUT2D eigenvalue weighted by molar-refractivity contribution is 0.00181. The Morgan fingerprint density at radius 2 is 2.18 bits per heavy atom. The smallest absolute Gasteiger partial charge is 0.123 e. The quantitative estimate of drug-likeness (QED) is 0.867. The maximum absolute atomic E-state index is 12.7. The zero-order valence-electron chi connectivity index (χ0n) is 10.2. The molecule has 1 aliphatic rings. The second kappa shape index (κ2) is 5.98. The van der Waals surface area contributed by atoms with Crippen LogP contribution in [0.5, 0.6) is 0 Å². The largest absolute Gasteiger partial charge is 0.384 e. The van der Waals surface area contributed by atoms with Crippen molar-refractivity contribution in [3.8, 4) is 0 Å². The van der Waals surface area contributed by atoms with Gasteiger partial charge in [0.2, 0.25) is 0 Å². The number of anilines is 1. The molecule has 1 N–H and O–H groups in total. The number of benzene rings is 1. The molecule has 0 aromatic heterocycles. The molecule has 1 atom stereocenters. The van der Waals surface area contributed by atoms with Crippen LogP contribution < -0.4 is 5.32 Å². The van der Waals surface area contributed by atoms with Crippen LogP contribution in [0.2, 0.25) is 0 Å². The molecule has 0 radical (unpaired) electrons. The molecule has 1 aromatic carbocycles. The fraction of sp³-hybridized carbons (Fsp3) is 0.538. The van der Waals surface area contributed by atoms with Gasteiger partial charge in [-0.1, -0.05) is 0 Å². The van der Waals surface area contributed by atoms with Gasteiger partial charge in [0.15, 0.2) is 0 Å². The van der Waals surface area contributed by atoms with Gasteiger partial charge in [-0.15, -0.1) is 0 Å². The lowest BCUT2D eigenvalue weighted by Crippen LogP contribution is -2.45. The minimum Gasteiger partial charge on any atom is -0.384 e. The highest BCUT2D eigenvalue weighted by molar-refractivity contribution is 5.42. The van der Waals surface area contributed by atoms with Crippen molar-refractivity contribution >= 4 is 5.69 Å². The lowest BCUT2D eigenvalue weighted by atomic mass is 10.2. The highest BCUT2D eigenvalue weighted by Gasteiger charge is 2.17. The molecule has 1 saturated heterocycles. The summed E-state index contributed by atoms with van der Waals surface area (Å²) in [5.74, 6) is -0.197. The number of rotatable bonds is 4. The predicted octanol–water partition coefficient (Wildman–Crippen LogP) is 1.96. The van der Waals surface area contributed by atoms with Gasteiger partial charge in [0, 0.05) is 31.4 Å². The predicted molar refractivity (Wildman–Crippen MR) is 66.7 cm³/mol. The second-order valence-electron chi connectivity index (χ2n) is 4.39. The molecule has 1 heterocycles. The molecular weight excluding hydrogens is 219 g/mol. The van der Waals surface area contributed by atoms with Gasteiger partial charge in [0.1, 0.15) is 5.82 Å². The van der Waals surface area contributed by atoms with Crippen LogP contribution in [0.25, 0.3) is 0 Å². The standard InChI is InChI=1S/C13H19FN2O/c1-11-10-17-9-8-16(11)7-6-15-13-4-2-12(14)3-5-13/h2-5,11,15H,6-10H2,1H3. The minimum absolute atomic E-state index is 0.197. The van der Waals surface area contributed by atoms with Crippen LogP contribution in [0.15, 0.2) is 24.3 Å². The van der Waals surface area contributed by atoms with Crippen LogP contribution in [0.4, 0.5) is 10.1 Å². The molecule has 3 nitrogen and oxygen atoms in total. The van der Waals surface area contributed by atoms with E-state index in [1.165, 1.54) is 12.1 Å². The summed E-state index contributed by atoms with van der Waals surface area (Å²) >= 11 is 0. The highest BCUT2D eigenvalue weighted by Crippen LogP contribution is 2.09. The Morgan fingerprint density at radius 1 is 1.41 bits per heavy atom. The van der Waals surface area contributed by atoms with E-state index < -0.39 is 0 Å². The summed E-state index contributed by atoms with van der Waals surface area (Å²) in [5, 5.41) is 3.29. The molecule has 1 fully saturated rings. The van der Waals surface area contributed by atoms with Gasteiger partial charge < -0.3 is 10.1 Å². The fourth-order valence-corrected chi connectivity index (χ4v) is 2.01. The lowest BCUT2D eigenvalue weighted by Gasteiger charge is -2.33. The van der Waals surface area contributed by atoms with Crippen molar-refractivity contribution in [2.75, 3.05) is 38.2 Å². The number of halogens is 1. The third-order valence-electron chi connectivity index (χ3n) is 3.08. The van der Waals surface area contributed by atoms with Crippen LogP contribution in [-0.4, -0.2) is 43.8 Å². The summed E-state index contributed by atoms with van der Waals surface area (Å²) in [4.78, 5) is 2.40. The Bertz CT molecular complexity index is 342. The molecule has 0 amide bonds. The van der Waals surface area contributed by atoms with E-state index in [2.05, 4.69) is 17.1 Å². The van der Waals surface area contributed by atoms with Crippen LogP contribution in [-0.2, 0) is 4.74 Å². The SMILES string of the molecule is CC1COCCN1CCNc1ccc(F)cc1. The fourth-order valence-electron chi connectivity index (χ4n) is 2.01. The van der Waals surface area contributed by atoms with Gasteiger partial charge in [-0.25, -0.2) is 4.39 Å². The molecule has 2 rings (SSSR count). The van der Waals surface area contributed by atoms with Gasteiger partial charge in [-0.3, -0.25) is 4.90 Å². The Hall–Kier alpha value is -1.13. The molecule has 1 aliphatic heterocycles. The van der Waals surface area contributed by atoms with Gasteiger partial charge in [0.25, 0.3) is 0 Å². The third-order valence-corrected chi connectivity index (χ3v) is 3.08. The van der Waals surface area contributed by atoms with E-state index in [1.54, 1.807) is 12.1 Å². The summed E-state index contributed by atoms with van der Waals surface area (Å²) in [7, 11) is 0. The summed E-state index contributed by atoms with van der Waals surface area (Å²) in [6.07, 6.45) is 0. The molecular formula is C13H19FN2O. The molecule has 1 aromatic rings. The first-order valence-electron chi connectivity index (χ1n) is 6.07. The second-order valence-corrected chi connectivity index (χ2v) is 4.39. The Labute approximate surface area is 102 Å². The van der Waals surface area contributed by atoms with E-state index in [0.29, 0.717) is 6.04 Å². The Morgan fingerprint density at radius 3 is 2.88 bits per heavy atom. The van der Waals surface area contributed by atoms with Gasteiger partial charge in [-0.05, 0) is 31.2 Å². The summed E-state index contributed by atoms with van der Waals surface area (Å²) in [6.45, 7) is 6.67. The van der Waals surface area contributed by atoms with E-state index in [-0.39, 0.29) is 5.82 Å². The molecule has 0 bridgehead atoms. The maximum atomic E-state index is 12.7. The van der Waals surface area contributed by atoms with Crippen molar-refractivity contribution in [1.82, 2.24) is 4.90 Å². The number of morpholine rings is 1. The van der Waals surface area contributed by atoms with Crippen molar-refractivity contribution in [3.05, 3.63) is 30.1 Å². The molecule has 0 spiro atoms. The topological polar surface area (TPSA) is 24.5 Å². The third kappa shape index (κ3) is 3.68. The van der Waals surface area contributed by atoms with Crippen molar-refractivity contribution in [2.24, 2.45) is 0 Å². The first-order valence-corrected chi connectivity index (χ1v) is 6.07.